The topological polar surface area (TPSA) is 101 Å². The Morgan fingerprint density at radius 3 is 2.00 bits per heavy atom. The normalized spacial score (nSPS) is 10.4. The van der Waals surface area contributed by atoms with Crippen LogP contribution in [0, 0.1) is 0 Å². The van der Waals surface area contributed by atoms with E-state index in [0.717, 1.165) is 0 Å². The van der Waals surface area contributed by atoms with Crippen molar-refractivity contribution in [1.29, 1.82) is 0 Å². The van der Waals surface area contributed by atoms with E-state index in [9.17, 15) is 9.59 Å². The smallest absolute Gasteiger partial charge is 0.320 e. The number of hydrogen-bond acceptors (Lipinski definition) is 3. The van der Waals surface area contributed by atoms with Crippen molar-refractivity contribution in [2.45, 2.75) is 18.9 Å². The summed E-state index contributed by atoms with van der Waals surface area (Å²) in [6.07, 6.45) is -0.224. The number of carboxylic acid groups (broad SMARTS) is 2. The van der Waals surface area contributed by atoms with Gasteiger partial charge >= 0.3 is 11.9 Å². The fourth-order valence-electron chi connectivity index (χ4n) is 0.402. The molecule has 0 rings (SSSR count). The van der Waals surface area contributed by atoms with Crippen LogP contribution in [-0.4, -0.2) is 28.2 Å². The van der Waals surface area contributed by atoms with E-state index in [4.69, 9.17) is 15.9 Å². The molecule has 5 nitrogen and oxygen atoms in total. The number of nitrogens with two attached hydrogens (primary N) is 1. The Morgan fingerprint density at radius 1 is 1.33 bits per heavy atom. The predicted molar refractivity (Wildman–Crippen MR) is 39.7 cm³/mol. The molecule has 7 heteroatoms. The van der Waals surface area contributed by atoms with Crippen molar-refractivity contribution in [3.63, 3.8) is 0 Å². The molecule has 0 aromatic rings. The summed E-state index contributed by atoms with van der Waals surface area (Å²) in [7, 11) is 0. The molecular weight excluding hydrogens is 265 g/mol. The average molecular weight is 275 g/mol. The average Bonchev–Trinajstić information content (AvgIpc) is 1.82. The van der Waals surface area contributed by atoms with Crippen LogP contribution in [0.3, 0.4) is 0 Å². The Labute approximate surface area is 94.9 Å². The van der Waals surface area contributed by atoms with Crippen molar-refractivity contribution in [2.75, 3.05) is 0 Å². The van der Waals surface area contributed by atoms with E-state index in [-0.39, 0.29) is 51.5 Å². The zero-order valence-corrected chi connectivity index (χ0v) is 9.46. The van der Waals surface area contributed by atoms with Gasteiger partial charge < -0.3 is 15.9 Å². The van der Waals surface area contributed by atoms with Gasteiger partial charge in [-0.3, -0.25) is 9.59 Å². The fourth-order valence-corrected chi connectivity index (χ4v) is 0.402. The minimum atomic E-state index is -1.17. The van der Waals surface area contributed by atoms with E-state index >= 15 is 0 Å². The van der Waals surface area contributed by atoms with Crippen molar-refractivity contribution < 1.29 is 46.0 Å². The number of rotatable bonds is 4. The van der Waals surface area contributed by atoms with Crippen LogP contribution >= 0.6 is 12.4 Å². The third-order valence-corrected chi connectivity index (χ3v) is 0.986. The molecule has 0 aliphatic heterocycles. The summed E-state index contributed by atoms with van der Waals surface area (Å²) in [5.41, 5.74) is 5.00. The zero-order valence-electron chi connectivity index (χ0n) is 6.19. The molecule has 0 saturated carbocycles. The molecule has 1 unspecified atom stereocenters. The first-order valence-corrected chi connectivity index (χ1v) is 2.74. The van der Waals surface area contributed by atoms with Crippen LogP contribution in [0.15, 0.2) is 0 Å². The summed E-state index contributed by atoms with van der Waals surface area (Å²) in [6.45, 7) is 0. The number of aliphatic carboxylic acids is 2. The van der Waals surface area contributed by atoms with E-state index in [2.05, 4.69) is 0 Å². The number of hydrogen-bond donors (Lipinski definition) is 3. The molecule has 12 heavy (non-hydrogen) atoms. The first-order valence-electron chi connectivity index (χ1n) is 2.74. The Kier molecular flexibility index (Phi) is 13.7. The maximum Gasteiger partial charge on any atom is 0.320 e. The molecule has 0 aromatic heterocycles. The van der Waals surface area contributed by atoms with Crippen LogP contribution in [0.25, 0.3) is 0 Å². The summed E-state index contributed by atoms with van der Waals surface area (Å²) < 4.78 is 0. The van der Waals surface area contributed by atoms with Crippen molar-refractivity contribution in [3.8, 4) is 0 Å². The molecule has 0 radical (unpaired) electrons. The predicted octanol–water partition coefficient (Wildman–Crippen LogP) is -0.318. The van der Waals surface area contributed by atoms with Gasteiger partial charge in [0.25, 0.3) is 0 Å². The second-order valence-electron chi connectivity index (χ2n) is 1.88. The molecule has 70 valence electrons. The maximum atomic E-state index is 9.99. The molecule has 0 amide bonds. The van der Waals surface area contributed by atoms with Crippen molar-refractivity contribution in [3.05, 3.63) is 0 Å². The summed E-state index contributed by atoms with van der Waals surface area (Å²) in [5.74, 6) is -2.20. The monoisotopic (exact) mass is 273 g/mol. The minimum absolute atomic E-state index is 0. The number of carbonyl (C=O) groups is 2. The molecule has 0 spiro atoms. The van der Waals surface area contributed by atoms with Crippen molar-refractivity contribution in [2.24, 2.45) is 5.73 Å². The maximum absolute atomic E-state index is 9.99. The van der Waals surface area contributed by atoms with Gasteiger partial charge in [0.05, 0.1) is 0 Å². The minimum Gasteiger partial charge on any atom is -0.481 e. The number of carboxylic acids is 2. The van der Waals surface area contributed by atoms with Gasteiger partial charge in [-0.2, -0.15) is 0 Å². The van der Waals surface area contributed by atoms with Crippen LogP contribution in [0.4, 0.5) is 0 Å². The van der Waals surface area contributed by atoms with Crippen molar-refractivity contribution in [1.82, 2.24) is 0 Å². The van der Waals surface area contributed by atoms with Crippen LogP contribution in [0.2, 0.25) is 0 Å². The summed E-state index contributed by atoms with van der Waals surface area (Å²) in [6, 6.07) is -1.06. The quantitative estimate of drug-likeness (QED) is 0.652. The zero-order chi connectivity index (χ0) is 8.15. The first-order chi connectivity index (χ1) is 4.54. The van der Waals surface area contributed by atoms with E-state index in [1.807, 2.05) is 0 Å². The molecule has 0 aromatic carbocycles. The van der Waals surface area contributed by atoms with Gasteiger partial charge in [0.2, 0.25) is 0 Å². The van der Waals surface area contributed by atoms with Gasteiger partial charge in [-0.15, -0.1) is 12.4 Å². The van der Waals surface area contributed by atoms with Gasteiger partial charge in [0.15, 0.2) is 0 Å². The standard InChI is InChI=1S/C5H9NO4.ClH.Zr/c6-3(5(9)10)1-2-4(7)8;;/h3H,1-2,6H2,(H,7,8)(H,9,10);1H;. The molecule has 0 heterocycles. The summed E-state index contributed by atoms with van der Waals surface area (Å²) in [4.78, 5) is 19.9. The van der Waals surface area contributed by atoms with E-state index in [0.29, 0.717) is 0 Å². The van der Waals surface area contributed by atoms with Crippen molar-refractivity contribution >= 4 is 24.3 Å². The largest absolute Gasteiger partial charge is 0.481 e. The molecule has 0 aliphatic carbocycles. The summed E-state index contributed by atoms with van der Waals surface area (Å²) >= 11 is 0. The van der Waals surface area contributed by atoms with Crippen LogP contribution in [0.1, 0.15) is 12.8 Å². The first kappa shape index (κ1) is 18.0. The third-order valence-electron chi connectivity index (χ3n) is 0.986. The van der Waals surface area contributed by atoms with Crippen LogP contribution in [-0.2, 0) is 35.8 Å². The van der Waals surface area contributed by atoms with Crippen LogP contribution < -0.4 is 5.73 Å². The van der Waals surface area contributed by atoms with E-state index in [1.165, 1.54) is 0 Å². The number of halogens is 1. The molecular formula is C5H10ClNO4Zr. The molecule has 0 bridgehead atoms. The molecule has 1 atom stereocenters. The molecule has 0 aliphatic rings. The fraction of sp³-hybridized carbons (Fsp3) is 0.600. The molecule has 0 saturated heterocycles. The second-order valence-corrected chi connectivity index (χ2v) is 1.88. The summed E-state index contributed by atoms with van der Waals surface area (Å²) in [5, 5.41) is 16.3. The van der Waals surface area contributed by atoms with Gasteiger partial charge in [0.1, 0.15) is 6.04 Å². The third kappa shape index (κ3) is 10.1. The van der Waals surface area contributed by atoms with Gasteiger partial charge in [-0.05, 0) is 6.42 Å². The molecule has 0 fully saturated rings. The molecule has 4 N–H and O–H groups in total. The van der Waals surface area contributed by atoms with Crippen LogP contribution in [0.5, 0.6) is 0 Å². The SMILES string of the molecule is Cl.NC(CCC(=O)O)C(=O)O.[Zr]. The Balaban J connectivity index is -0.000000405. The Morgan fingerprint density at radius 2 is 1.75 bits per heavy atom. The van der Waals surface area contributed by atoms with E-state index in [1.54, 1.807) is 0 Å². The van der Waals surface area contributed by atoms with E-state index < -0.39 is 18.0 Å². The Hall–Kier alpha value is 0.0731. The second kappa shape index (κ2) is 9.16. The van der Waals surface area contributed by atoms with Gasteiger partial charge in [-0.1, -0.05) is 0 Å². The van der Waals surface area contributed by atoms with Gasteiger partial charge in [-0.25, -0.2) is 0 Å². The Bertz CT molecular complexity index is 154. The van der Waals surface area contributed by atoms with Gasteiger partial charge in [0, 0.05) is 32.6 Å².